The molecule has 0 aliphatic rings. The van der Waals surface area contributed by atoms with E-state index in [-0.39, 0.29) is 11.9 Å². The van der Waals surface area contributed by atoms with E-state index in [1.54, 1.807) is 7.11 Å². The van der Waals surface area contributed by atoms with Crippen LogP contribution in [0.25, 0.3) is 0 Å². The third kappa shape index (κ3) is 5.51. The fraction of sp³-hybridized carbons (Fsp3) is 0.500. The van der Waals surface area contributed by atoms with Gasteiger partial charge in [0.25, 0.3) is 0 Å². The van der Waals surface area contributed by atoms with Crippen LogP contribution in [0.2, 0.25) is 0 Å². The number of methoxy groups -OCH3 is 1. The Labute approximate surface area is 123 Å². The molecule has 0 radical (unpaired) electrons. The molecule has 1 aromatic carbocycles. The molecule has 4 nitrogen and oxygen atoms in total. The van der Waals surface area contributed by atoms with Crippen LogP contribution in [-0.4, -0.2) is 25.6 Å². The maximum Gasteiger partial charge on any atom is 0.242 e. The fourth-order valence-corrected chi connectivity index (χ4v) is 2.09. The monoisotopic (exact) mass is 328 g/mol. The second kappa shape index (κ2) is 8.04. The van der Waals surface area contributed by atoms with Gasteiger partial charge in [-0.05, 0) is 25.5 Å². The largest absolute Gasteiger partial charge is 0.497 e. The quantitative estimate of drug-likeness (QED) is 0.756. The second-order valence-corrected chi connectivity index (χ2v) is 5.31. The molecule has 19 heavy (non-hydrogen) atoms. The lowest BCUT2D eigenvalue weighted by molar-refractivity contribution is -0.121. The number of rotatable bonds is 7. The first-order valence-corrected chi connectivity index (χ1v) is 7.25. The minimum Gasteiger partial charge on any atom is -0.497 e. The highest BCUT2D eigenvalue weighted by atomic mass is 79.9. The Morgan fingerprint density at radius 1 is 1.42 bits per heavy atom. The van der Waals surface area contributed by atoms with E-state index >= 15 is 0 Å². The minimum absolute atomic E-state index is 0.00684. The molecule has 0 bridgehead atoms. The molecule has 1 aromatic rings. The normalized spacial score (nSPS) is 11.8. The summed E-state index contributed by atoms with van der Waals surface area (Å²) in [4.78, 5) is 11.8. The number of amides is 1. The Morgan fingerprint density at radius 2 is 2.16 bits per heavy atom. The lowest BCUT2D eigenvalue weighted by atomic mass is 10.2. The van der Waals surface area contributed by atoms with Gasteiger partial charge in [-0.2, -0.15) is 0 Å². The first kappa shape index (κ1) is 15.8. The van der Waals surface area contributed by atoms with E-state index in [1.807, 2.05) is 25.1 Å². The Morgan fingerprint density at radius 3 is 2.79 bits per heavy atom. The van der Waals surface area contributed by atoms with E-state index in [0.29, 0.717) is 0 Å². The maximum absolute atomic E-state index is 11.8. The summed E-state index contributed by atoms with van der Waals surface area (Å²) in [6.07, 6.45) is 2.08. The maximum atomic E-state index is 11.8. The number of hydrogen-bond donors (Lipinski definition) is 2. The molecular weight excluding hydrogens is 308 g/mol. The number of hydrogen-bond acceptors (Lipinski definition) is 3. The molecule has 0 aliphatic heterocycles. The molecule has 0 saturated carbocycles. The van der Waals surface area contributed by atoms with Gasteiger partial charge >= 0.3 is 0 Å². The summed E-state index contributed by atoms with van der Waals surface area (Å²) in [6, 6.07) is 5.37. The molecule has 5 heteroatoms. The summed E-state index contributed by atoms with van der Waals surface area (Å²) < 4.78 is 6.10. The fourth-order valence-electron chi connectivity index (χ4n) is 1.62. The molecule has 1 atom stereocenters. The highest BCUT2D eigenvalue weighted by Gasteiger charge is 2.12. The number of unbranched alkanes of at least 4 members (excludes halogenated alkanes) is 1. The molecule has 1 unspecified atom stereocenters. The highest BCUT2D eigenvalue weighted by molar-refractivity contribution is 9.10. The van der Waals surface area contributed by atoms with Crippen molar-refractivity contribution < 1.29 is 9.53 Å². The van der Waals surface area contributed by atoms with Crippen molar-refractivity contribution in [3.63, 3.8) is 0 Å². The Kier molecular flexibility index (Phi) is 6.70. The van der Waals surface area contributed by atoms with E-state index in [9.17, 15) is 4.79 Å². The van der Waals surface area contributed by atoms with Gasteiger partial charge in [0.15, 0.2) is 0 Å². The molecule has 0 aliphatic carbocycles. The van der Waals surface area contributed by atoms with Crippen molar-refractivity contribution in [3.05, 3.63) is 22.7 Å². The number of ether oxygens (including phenoxy) is 1. The van der Waals surface area contributed by atoms with Crippen LogP contribution in [0.3, 0.4) is 0 Å². The highest BCUT2D eigenvalue weighted by Crippen LogP contribution is 2.24. The van der Waals surface area contributed by atoms with Gasteiger partial charge in [-0.1, -0.05) is 29.3 Å². The minimum atomic E-state index is -0.282. The molecule has 0 heterocycles. The second-order valence-electron chi connectivity index (χ2n) is 4.39. The predicted octanol–water partition coefficient (Wildman–Crippen LogP) is 3.17. The van der Waals surface area contributed by atoms with E-state index < -0.39 is 0 Å². The van der Waals surface area contributed by atoms with Crippen LogP contribution in [0.1, 0.15) is 26.7 Å². The van der Waals surface area contributed by atoms with Crippen LogP contribution in [0.15, 0.2) is 22.7 Å². The van der Waals surface area contributed by atoms with Gasteiger partial charge in [-0.3, -0.25) is 4.79 Å². The summed E-state index contributed by atoms with van der Waals surface area (Å²) in [7, 11) is 1.62. The number of anilines is 1. The van der Waals surface area contributed by atoms with Crippen molar-refractivity contribution >= 4 is 27.5 Å². The number of carbonyl (C=O) groups is 1. The number of halogens is 1. The summed E-state index contributed by atoms with van der Waals surface area (Å²) >= 11 is 3.41. The third-order valence-corrected chi connectivity index (χ3v) is 3.17. The summed E-state index contributed by atoms with van der Waals surface area (Å²) in [5, 5.41) is 6.06. The van der Waals surface area contributed by atoms with Crippen molar-refractivity contribution in [1.82, 2.24) is 5.32 Å². The summed E-state index contributed by atoms with van der Waals surface area (Å²) in [5.74, 6) is 0.753. The lowest BCUT2D eigenvalue weighted by Gasteiger charge is -2.16. The van der Waals surface area contributed by atoms with Gasteiger partial charge in [0.1, 0.15) is 11.8 Å². The Hall–Kier alpha value is -1.23. The van der Waals surface area contributed by atoms with Crippen molar-refractivity contribution in [2.45, 2.75) is 32.7 Å². The standard InChI is InChI=1S/C14H21BrN2O2/c1-4-5-6-16-14(18)10(2)17-12-7-11(15)8-13(9-12)19-3/h7-10,17H,4-6H2,1-3H3,(H,16,18). The first-order chi connectivity index (χ1) is 9.06. The topological polar surface area (TPSA) is 50.4 Å². The van der Waals surface area contributed by atoms with Crippen LogP contribution in [0.5, 0.6) is 5.75 Å². The molecule has 2 N–H and O–H groups in total. The predicted molar refractivity (Wildman–Crippen MR) is 81.7 cm³/mol. The zero-order chi connectivity index (χ0) is 14.3. The number of carbonyl (C=O) groups excluding carboxylic acids is 1. The molecular formula is C14H21BrN2O2. The smallest absolute Gasteiger partial charge is 0.242 e. The van der Waals surface area contributed by atoms with Gasteiger partial charge in [0.2, 0.25) is 5.91 Å². The molecule has 0 saturated heterocycles. The van der Waals surface area contributed by atoms with E-state index in [2.05, 4.69) is 33.5 Å². The Bertz CT molecular complexity index is 424. The van der Waals surface area contributed by atoms with E-state index in [0.717, 1.165) is 35.3 Å². The van der Waals surface area contributed by atoms with E-state index in [1.165, 1.54) is 0 Å². The number of benzene rings is 1. The van der Waals surface area contributed by atoms with Crippen molar-refractivity contribution in [1.29, 1.82) is 0 Å². The lowest BCUT2D eigenvalue weighted by Crippen LogP contribution is -2.37. The SMILES string of the molecule is CCCCNC(=O)C(C)Nc1cc(Br)cc(OC)c1. The molecule has 0 aromatic heterocycles. The number of nitrogens with one attached hydrogen (secondary N) is 2. The summed E-state index contributed by atoms with van der Waals surface area (Å²) in [5.41, 5.74) is 0.851. The van der Waals surface area contributed by atoms with Crippen LogP contribution in [-0.2, 0) is 4.79 Å². The van der Waals surface area contributed by atoms with Crippen molar-refractivity contribution in [2.24, 2.45) is 0 Å². The Balaban J connectivity index is 2.58. The van der Waals surface area contributed by atoms with Gasteiger partial charge in [-0.15, -0.1) is 0 Å². The van der Waals surface area contributed by atoms with Crippen LogP contribution < -0.4 is 15.4 Å². The third-order valence-electron chi connectivity index (χ3n) is 2.71. The van der Waals surface area contributed by atoms with Gasteiger partial charge in [0.05, 0.1) is 7.11 Å². The average molecular weight is 329 g/mol. The zero-order valence-corrected chi connectivity index (χ0v) is 13.2. The first-order valence-electron chi connectivity index (χ1n) is 6.45. The van der Waals surface area contributed by atoms with Gasteiger partial charge in [-0.25, -0.2) is 0 Å². The van der Waals surface area contributed by atoms with E-state index in [4.69, 9.17) is 4.74 Å². The summed E-state index contributed by atoms with van der Waals surface area (Å²) in [6.45, 7) is 4.67. The molecule has 1 amide bonds. The van der Waals surface area contributed by atoms with Crippen molar-refractivity contribution in [3.8, 4) is 5.75 Å². The van der Waals surface area contributed by atoms with Crippen LogP contribution >= 0.6 is 15.9 Å². The van der Waals surface area contributed by atoms with Gasteiger partial charge < -0.3 is 15.4 Å². The van der Waals surface area contributed by atoms with Gasteiger partial charge in [0, 0.05) is 22.8 Å². The molecule has 1 rings (SSSR count). The average Bonchev–Trinajstić information content (AvgIpc) is 2.38. The zero-order valence-electron chi connectivity index (χ0n) is 11.6. The molecule has 0 spiro atoms. The molecule has 106 valence electrons. The van der Waals surface area contributed by atoms with Crippen molar-refractivity contribution in [2.75, 3.05) is 19.0 Å². The molecule has 0 fully saturated rings. The van der Waals surface area contributed by atoms with Crippen LogP contribution in [0.4, 0.5) is 5.69 Å². The van der Waals surface area contributed by atoms with Crippen LogP contribution in [0, 0.1) is 0 Å².